The molecule has 0 amide bonds. The van der Waals surface area contributed by atoms with Gasteiger partial charge in [-0.1, -0.05) is 6.07 Å². The van der Waals surface area contributed by atoms with Crippen molar-refractivity contribution in [2.24, 2.45) is 0 Å². The third kappa shape index (κ3) is 4.90. The van der Waals surface area contributed by atoms with Crippen LogP contribution in [0.4, 0.5) is 5.13 Å². The SMILES string of the molecule is CC(=O)CN(CCCNCc1ccc2c(c1)OCO2)c1nc(-n2ccnc2)ns1. The van der Waals surface area contributed by atoms with E-state index in [0.717, 1.165) is 41.7 Å². The number of nitrogens with one attached hydrogen (secondary N) is 1. The van der Waals surface area contributed by atoms with Crippen molar-refractivity contribution < 1.29 is 14.3 Å². The quantitative estimate of drug-likeness (QED) is 0.504. The lowest BCUT2D eigenvalue weighted by Crippen LogP contribution is -2.31. The Morgan fingerprint density at radius 1 is 1.34 bits per heavy atom. The fourth-order valence-electron chi connectivity index (χ4n) is 3.01. The first-order chi connectivity index (χ1) is 14.2. The highest BCUT2D eigenvalue weighted by molar-refractivity contribution is 7.09. The molecule has 0 bridgehead atoms. The average Bonchev–Trinajstić information content (AvgIpc) is 3.47. The molecule has 1 aliphatic heterocycles. The number of fused-ring (bicyclic) bond motifs is 1. The number of rotatable bonds is 10. The molecular weight excluding hydrogens is 392 g/mol. The Hall–Kier alpha value is -2.98. The fourth-order valence-corrected chi connectivity index (χ4v) is 3.70. The maximum absolute atomic E-state index is 11.7. The van der Waals surface area contributed by atoms with E-state index in [1.54, 1.807) is 30.2 Å². The number of carbonyl (C=O) groups excluding carboxylic acids is 1. The Morgan fingerprint density at radius 2 is 2.24 bits per heavy atom. The van der Waals surface area contributed by atoms with Crippen LogP contribution in [0.2, 0.25) is 0 Å². The van der Waals surface area contributed by atoms with Gasteiger partial charge in [-0.05, 0) is 37.6 Å². The first-order valence-electron chi connectivity index (χ1n) is 9.35. The van der Waals surface area contributed by atoms with Crippen LogP contribution < -0.4 is 19.7 Å². The van der Waals surface area contributed by atoms with Gasteiger partial charge in [0.25, 0.3) is 0 Å². The number of aromatic nitrogens is 4. The van der Waals surface area contributed by atoms with Gasteiger partial charge in [-0.2, -0.15) is 9.36 Å². The minimum atomic E-state index is 0.0951. The summed E-state index contributed by atoms with van der Waals surface area (Å²) in [6.07, 6.45) is 6.00. The molecule has 2 aromatic heterocycles. The first kappa shape index (κ1) is 19.3. The normalized spacial score (nSPS) is 12.3. The van der Waals surface area contributed by atoms with Crippen LogP contribution >= 0.6 is 11.5 Å². The van der Waals surface area contributed by atoms with E-state index in [1.165, 1.54) is 11.5 Å². The van der Waals surface area contributed by atoms with Crippen molar-refractivity contribution in [3.05, 3.63) is 42.5 Å². The van der Waals surface area contributed by atoms with E-state index in [-0.39, 0.29) is 12.6 Å². The summed E-state index contributed by atoms with van der Waals surface area (Å²) in [4.78, 5) is 22.2. The molecule has 3 aromatic rings. The number of anilines is 1. The number of ether oxygens (including phenoxy) is 2. The van der Waals surface area contributed by atoms with E-state index in [2.05, 4.69) is 19.7 Å². The molecule has 152 valence electrons. The second kappa shape index (κ2) is 9.01. The van der Waals surface area contributed by atoms with Crippen molar-refractivity contribution in [2.45, 2.75) is 19.9 Å². The number of imidazole rings is 1. The third-order valence-electron chi connectivity index (χ3n) is 4.37. The summed E-state index contributed by atoms with van der Waals surface area (Å²) < 4.78 is 16.8. The number of hydrogen-bond donors (Lipinski definition) is 1. The van der Waals surface area contributed by atoms with Gasteiger partial charge in [-0.25, -0.2) is 4.98 Å². The Bertz CT molecular complexity index is 959. The average molecular weight is 414 g/mol. The zero-order valence-corrected chi connectivity index (χ0v) is 16.9. The molecule has 3 heterocycles. The maximum Gasteiger partial charge on any atom is 0.248 e. The van der Waals surface area contributed by atoms with Crippen LogP contribution in [0.1, 0.15) is 18.9 Å². The number of benzene rings is 1. The summed E-state index contributed by atoms with van der Waals surface area (Å²) in [5.74, 6) is 2.25. The largest absolute Gasteiger partial charge is 0.454 e. The highest BCUT2D eigenvalue weighted by Gasteiger charge is 2.15. The predicted octanol–water partition coefficient (Wildman–Crippen LogP) is 2.03. The Kier molecular flexibility index (Phi) is 6.01. The molecule has 29 heavy (non-hydrogen) atoms. The van der Waals surface area contributed by atoms with Crippen molar-refractivity contribution in [1.29, 1.82) is 0 Å². The van der Waals surface area contributed by atoms with Gasteiger partial charge >= 0.3 is 0 Å². The van der Waals surface area contributed by atoms with Gasteiger partial charge in [0, 0.05) is 37.0 Å². The third-order valence-corrected chi connectivity index (χ3v) is 5.14. The molecule has 0 saturated carbocycles. The number of Topliss-reactive ketones (excluding diaryl/α,β-unsaturated/α-hetero) is 1. The maximum atomic E-state index is 11.7. The van der Waals surface area contributed by atoms with Crippen molar-refractivity contribution in [3.63, 3.8) is 0 Å². The fraction of sp³-hybridized carbons (Fsp3) is 0.368. The van der Waals surface area contributed by atoms with Crippen molar-refractivity contribution in [3.8, 4) is 17.4 Å². The lowest BCUT2D eigenvalue weighted by atomic mass is 10.2. The zero-order valence-electron chi connectivity index (χ0n) is 16.1. The standard InChI is InChI=1S/C19H22N6O3S/c1-14(26)11-24(19-22-18(23-29-19)25-8-6-21-12-25)7-2-5-20-10-15-3-4-16-17(9-15)28-13-27-16/h3-4,6,8-9,12,20H,2,5,7,10-11,13H2,1H3. The van der Waals surface area contributed by atoms with E-state index in [0.29, 0.717) is 19.0 Å². The minimum Gasteiger partial charge on any atom is -0.454 e. The molecule has 0 atom stereocenters. The lowest BCUT2D eigenvalue weighted by Gasteiger charge is -2.19. The van der Waals surface area contributed by atoms with E-state index >= 15 is 0 Å². The van der Waals surface area contributed by atoms with Crippen LogP contribution in [-0.4, -0.2) is 51.1 Å². The number of nitrogens with zero attached hydrogens (tertiary/aromatic N) is 5. The van der Waals surface area contributed by atoms with Gasteiger partial charge in [-0.15, -0.1) is 0 Å². The van der Waals surface area contributed by atoms with Crippen molar-refractivity contribution in [1.82, 2.24) is 24.2 Å². The van der Waals surface area contributed by atoms with E-state index in [9.17, 15) is 4.79 Å². The van der Waals surface area contributed by atoms with Crippen molar-refractivity contribution >= 4 is 22.4 Å². The Morgan fingerprint density at radius 3 is 3.07 bits per heavy atom. The molecule has 0 saturated heterocycles. The Balaban J connectivity index is 1.28. The van der Waals surface area contributed by atoms with Crippen LogP contribution in [0.25, 0.3) is 5.95 Å². The monoisotopic (exact) mass is 414 g/mol. The van der Waals surface area contributed by atoms with E-state index in [1.807, 2.05) is 23.1 Å². The van der Waals surface area contributed by atoms with Gasteiger partial charge in [0.1, 0.15) is 12.1 Å². The van der Waals surface area contributed by atoms with Crippen LogP contribution in [-0.2, 0) is 11.3 Å². The zero-order chi connectivity index (χ0) is 20.1. The second-order valence-corrected chi connectivity index (χ2v) is 7.42. The number of carbonyl (C=O) groups is 1. The predicted molar refractivity (Wildman–Crippen MR) is 109 cm³/mol. The number of ketones is 1. The molecule has 0 fully saturated rings. The Labute approximate surface area is 172 Å². The molecule has 1 aliphatic rings. The molecular formula is C19H22N6O3S. The molecule has 0 unspecified atom stereocenters. The minimum absolute atomic E-state index is 0.0951. The van der Waals surface area contributed by atoms with Gasteiger partial charge < -0.3 is 19.7 Å². The lowest BCUT2D eigenvalue weighted by molar-refractivity contribution is -0.115. The summed E-state index contributed by atoms with van der Waals surface area (Å²) in [7, 11) is 0. The van der Waals surface area contributed by atoms with Crippen LogP contribution in [0.15, 0.2) is 36.9 Å². The van der Waals surface area contributed by atoms with E-state index in [4.69, 9.17) is 9.47 Å². The molecule has 9 nitrogen and oxygen atoms in total. The molecule has 1 aromatic carbocycles. The molecule has 10 heteroatoms. The highest BCUT2D eigenvalue weighted by Crippen LogP contribution is 2.32. The molecule has 1 N–H and O–H groups in total. The summed E-state index contributed by atoms with van der Waals surface area (Å²) in [5.41, 5.74) is 1.14. The second-order valence-electron chi connectivity index (χ2n) is 6.69. The summed E-state index contributed by atoms with van der Waals surface area (Å²) in [6.45, 7) is 4.46. The van der Waals surface area contributed by atoms with Gasteiger partial charge in [0.2, 0.25) is 17.9 Å². The molecule has 0 aliphatic carbocycles. The topological polar surface area (TPSA) is 94.4 Å². The smallest absolute Gasteiger partial charge is 0.248 e. The van der Waals surface area contributed by atoms with Crippen LogP contribution in [0.5, 0.6) is 11.5 Å². The summed E-state index contributed by atoms with van der Waals surface area (Å²) in [5, 5.41) is 4.16. The first-order valence-corrected chi connectivity index (χ1v) is 10.1. The van der Waals surface area contributed by atoms with Crippen LogP contribution in [0.3, 0.4) is 0 Å². The summed E-state index contributed by atoms with van der Waals surface area (Å²) >= 11 is 1.29. The van der Waals surface area contributed by atoms with Gasteiger partial charge in [0.05, 0.1) is 6.54 Å². The summed E-state index contributed by atoms with van der Waals surface area (Å²) in [6, 6.07) is 5.96. The van der Waals surface area contributed by atoms with Crippen molar-refractivity contribution in [2.75, 3.05) is 31.3 Å². The molecule has 0 radical (unpaired) electrons. The van der Waals surface area contributed by atoms with E-state index < -0.39 is 0 Å². The van der Waals surface area contributed by atoms with Gasteiger partial charge in [0.15, 0.2) is 11.5 Å². The molecule has 0 spiro atoms. The highest BCUT2D eigenvalue weighted by atomic mass is 32.1. The van der Waals surface area contributed by atoms with Gasteiger partial charge in [-0.3, -0.25) is 9.36 Å². The molecule has 4 rings (SSSR count). The number of hydrogen-bond acceptors (Lipinski definition) is 9. The van der Waals surface area contributed by atoms with Crippen LogP contribution in [0, 0.1) is 0 Å².